The summed E-state index contributed by atoms with van der Waals surface area (Å²) >= 11 is 0. The molecular formula is C32H30FN5. The van der Waals surface area contributed by atoms with Crippen LogP contribution in [0.15, 0.2) is 97.5 Å². The Kier molecular flexibility index (Phi) is 6.94. The minimum absolute atomic E-state index is 0.257. The monoisotopic (exact) mass is 503 g/mol. The maximum atomic E-state index is 13.7. The van der Waals surface area contributed by atoms with Crippen molar-refractivity contribution >= 4 is 5.95 Å². The van der Waals surface area contributed by atoms with Crippen molar-refractivity contribution in [3.05, 3.63) is 109 Å². The Hall–Kier alpha value is -4.32. The molecule has 0 bridgehead atoms. The SMILES string of the molecule is Fc1ccc(-c2ncn(C3CCCCC3)c2-c2ccnc(NCc3ccc(-c4ccccc4)cc3)n2)cc1. The summed E-state index contributed by atoms with van der Waals surface area (Å²) in [4.78, 5) is 14.2. The minimum Gasteiger partial charge on any atom is -0.350 e. The topological polar surface area (TPSA) is 55.6 Å². The highest BCUT2D eigenvalue weighted by molar-refractivity contribution is 5.77. The molecule has 1 fully saturated rings. The van der Waals surface area contributed by atoms with Gasteiger partial charge in [-0.3, -0.25) is 0 Å². The van der Waals surface area contributed by atoms with Gasteiger partial charge < -0.3 is 9.88 Å². The molecule has 0 atom stereocenters. The molecule has 0 aliphatic heterocycles. The molecule has 6 rings (SSSR count). The quantitative estimate of drug-likeness (QED) is 0.245. The number of imidazole rings is 1. The lowest BCUT2D eigenvalue weighted by molar-refractivity contribution is 0.355. The van der Waals surface area contributed by atoms with Gasteiger partial charge in [0.15, 0.2) is 0 Å². The van der Waals surface area contributed by atoms with E-state index in [4.69, 9.17) is 9.97 Å². The van der Waals surface area contributed by atoms with Gasteiger partial charge in [0.25, 0.3) is 0 Å². The molecule has 6 heteroatoms. The molecule has 5 aromatic rings. The van der Waals surface area contributed by atoms with E-state index in [2.05, 4.69) is 63.4 Å². The fourth-order valence-corrected chi connectivity index (χ4v) is 5.27. The summed E-state index contributed by atoms with van der Waals surface area (Å²) in [5.41, 5.74) is 7.01. The smallest absolute Gasteiger partial charge is 0.223 e. The second kappa shape index (κ2) is 11.0. The van der Waals surface area contributed by atoms with Gasteiger partial charge in [0.2, 0.25) is 5.95 Å². The average Bonchev–Trinajstić information content (AvgIpc) is 3.43. The van der Waals surface area contributed by atoms with Crippen molar-refractivity contribution in [1.82, 2.24) is 19.5 Å². The number of nitrogens with zero attached hydrogens (tertiary/aromatic N) is 4. The molecule has 3 aromatic carbocycles. The van der Waals surface area contributed by atoms with Gasteiger partial charge in [0.05, 0.1) is 23.4 Å². The summed E-state index contributed by atoms with van der Waals surface area (Å²) in [5, 5.41) is 3.39. The van der Waals surface area contributed by atoms with E-state index in [0.29, 0.717) is 18.5 Å². The molecule has 2 aromatic heterocycles. The Bertz CT molecular complexity index is 1490. The third-order valence-corrected chi connectivity index (χ3v) is 7.29. The Morgan fingerprint density at radius 2 is 1.47 bits per heavy atom. The molecule has 0 radical (unpaired) electrons. The van der Waals surface area contributed by atoms with Crippen molar-refractivity contribution in [2.75, 3.05) is 5.32 Å². The van der Waals surface area contributed by atoms with Crippen LogP contribution in [-0.2, 0) is 6.54 Å². The number of anilines is 1. The number of hydrogen-bond acceptors (Lipinski definition) is 4. The van der Waals surface area contributed by atoms with Gasteiger partial charge in [0, 0.05) is 24.3 Å². The van der Waals surface area contributed by atoms with E-state index < -0.39 is 0 Å². The van der Waals surface area contributed by atoms with Crippen LogP contribution in [0.4, 0.5) is 10.3 Å². The summed E-state index contributed by atoms with van der Waals surface area (Å²) < 4.78 is 15.9. The van der Waals surface area contributed by atoms with Crippen LogP contribution in [-0.4, -0.2) is 19.5 Å². The van der Waals surface area contributed by atoms with Crippen LogP contribution in [0.2, 0.25) is 0 Å². The van der Waals surface area contributed by atoms with E-state index >= 15 is 0 Å². The maximum Gasteiger partial charge on any atom is 0.223 e. The Morgan fingerprint density at radius 1 is 0.763 bits per heavy atom. The lowest BCUT2D eigenvalue weighted by Gasteiger charge is -2.25. The number of nitrogens with one attached hydrogen (secondary N) is 1. The number of hydrogen-bond donors (Lipinski definition) is 1. The molecular weight excluding hydrogens is 473 g/mol. The predicted octanol–water partition coefficient (Wildman–Crippen LogP) is 7.93. The minimum atomic E-state index is -0.257. The van der Waals surface area contributed by atoms with Crippen LogP contribution in [0.1, 0.15) is 43.7 Å². The molecule has 0 amide bonds. The predicted molar refractivity (Wildman–Crippen MR) is 150 cm³/mol. The summed E-state index contributed by atoms with van der Waals surface area (Å²) in [6, 6.07) is 27.8. The average molecular weight is 504 g/mol. The molecule has 1 aliphatic carbocycles. The van der Waals surface area contributed by atoms with Crippen molar-refractivity contribution in [2.24, 2.45) is 0 Å². The zero-order chi connectivity index (χ0) is 25.7. The van der Waals surface area contributed by atoms with Crippen LogP contribution in [0.25, 0.3) is 33.8 Å². The van der Waals surface area contributed by atoms with Crippen LogP contribution in [0, 0.1) is 5.82 Å². The van der Waals surface area contributed by atoms with Crippen LogP contribution in [0.3, 0.4) is 0 Å². The van der Waals surface area contributed by atoms with Gasteiger partial charge in [-0.1, -0.05) is 73.9 Å². The van der Waals surface area contributed by atoms with Crippen molar-refractivity contribution in [3.8, 4) is 33.8 Å². The zero-order valence-corrected chi connectivity index (χ0v) is 21.2. The van der Waals surface area contributed by atoms with Crippen molar-refractivity contribution in [1.29, 1.82) is 0 Å². The van der Waals surface area contributed by atoms with Gasteiger partial charge >= 0.3 is 0 Å². The van der Waals surface area contributed by atoms with Crippen molar-refractivity contribution < 1.29 is 4.39 Å². The third-order valence-electron chi connectivity index (χ3n) is 7.29. The van der Waals surface area contributed by atoms with Crippen molar-refractivity contribution in [3.63, 3.8) is 0 Å². The molecule has 38 heavy (non-hydrogen) atoms. The van der Waals surface area contributed by atoms with Gasteiger partial charge in [-0.2, -0.15) is 0 Å². The van der Waals surface area contributed by atoms with Gasteiger partial charge in [-0.05, 0) is 59.9 Å². The van der Waals surface area contributed by atoms with Crippen LogP contribution >= 0.6 is 0 Å². The molecule has 0 spiro atoms. The Labute approximate surface area is 222 Å². The molecule has 0 unspecified atom stereocenters. The van der Waals surface area contributed by atoms with Gasteiger partial charge in [0.1, 0.15) is 5.82 Å². The number of rotatable bonds is 7. The highest BCUT2D eigenvalue weighted by Crippen LogP contribution is 2.37. The van der Waals surface area contributed by atoms with Crippen LogP contribution in [0.5, 0.6) is 0 Å². The van der Waals surface area contributed by atoms with Crippen molar-refractivity contribution in [2.45, 2.75) is 44.7 Å². The van der Waals surface area contributed by atoms with E-state index in [0.717, 1.165) is 41.1 Å². The number of benzene rings is 3. The van der Waals surface area contributed by atoms with E-state index in [9.17, 15) is 4.39 Å². The normalized spacial score (nSPS) is 13.9. The molecule has 1 N–H and O–H groups in total. The molecule has 2 heterocycles. The lowest BCUT2D eigenvalue weighted by Crippen LogP contribution is -2.14. The number of halogens is 1. The first kappa shape index (κ1) is 24.0. The van der Waals surface area contributed by atoms with E-state index in [1.165, 1.54) is 42.5 Å². The third kappa shape index (κ3) is 5.21. The fourth-order valence-electron chi connectivity index (χ4n) is 5.27. The van der Waals surface area contributed by atoms with Gasteiger partial charge in [-0.25, -0.2) is 19.3 Å². The standard InChI is InChI=1S/C32H30FN5/c33-27-17-15-26(16-18-27)30-31(38(22-36-30)28-9-5-2-6-10-28)29-19-20-34-32(37-29)35-21-23-11-13-25(14-12-23)24-7-3-1-4-8-24/h1,3-4,7-8,11-20,22,28H,2,5-6,9-10,21H2,(H,34,35,37). The zero-order valence-electron chi connectivity index (χ0n) is 21.2. The second-order valence-electron chi connectivity index (χ2n) is 9.83. The van der Waals surface area contributed by atoms with E-state index in [1.54, 1.807) is 18.3 Å². The van der Waals surface area contributed by atoms with Crippen LogP contribution < -0.4 is 5.32 Å². The van der Waals surface area contributed by atoms with E-state index in [1.807, 2.05) is 18.5 Å². The molecule has 1 aliphatic rings. The molecule has 1 saturated carbocycles. The molecule has 5 nitrogen and oxygen atoms in total. The fraction of sp³-hybridized carbons (Fsp3) is 0.219. The summed E-state index contributed by atoms with van der Waals surface area (Å²) in [7, 11) is 0. The highest BCUT2D eigenvalue weighted by atomic mass is 19.1. The first-order valence-corrected chi connectivity index (χ1v) is 13.3. The summed E-state index contributed by atoms with van der Waals surface area (Å²) in [6.07, 6.45) is 9.67. The van der Waals surface area contributed by atoms with E-state index in [-0.39, 0.29) is 5.82 Å². The first-order chi connectivity index (χ1) is 18.7. The maximum absolute atomic E-state index is 13.7. The number of aromatic nitrogens is 4. The summed E-state index contributed by atoms with van der Waals surface area (Å²) in [6.45, 7) is 0.616. The Balaban J connectivity index is 1.27. The lowest BCUT2D eigenvalue weighted by atomic mass is 9.95. The highest BCUT2D eigenvalue weighted by Gasteiger charge is 2.23. The Morgan fingerprint density at radius 3 is 2.24 bits per heavy atom. The molecule has 0 saturated heterocycles. The molecule has 190 valence electrons. The van der Waals surface area contributed by atoms with Gasteiger partial charge in [-0.15, -0.1) is 0 Å². The first-order valence-electron chi connectivity index (χ1n) is 13.3. The summed E-state index contributed by atoms with van der Waals surface area (Å²) in [5.74, 6) is 0.309. The largest absolute Gasteiger partial charge is 0.350 e. The second-order valence-corrected chi connectivity index (χ2v) is 9.83.